The highest BCUT2D eigenvalue weighted by Gasteiger charge is 2.11. The van der Waals surface area contributed by atoms with Crippen molar-refractivity contribution < 1.29 is 0 Å². The lowest BCUT2D eigenvalue weighted by atomic mass is 10.00. The van der Waals surface area contributed by atoms with Crippen LogP contribution in [0, 0.1) is 6.92 Å². The van der Waals surface area contributed by atoms with Crippen LogP contribution in [0.3, 0.4) is 0 Å². The number of hydrogen-bond donors (Lipinski definition) is 1. The Labute approximate surface area is 144 Å². The van der Waals surface area contributed by atoms with Crippen LogP contribution < -0.4 is 0 Å². The van der Waals surface area contributed by atoms with E-state index in [9.17, 15) is 0 Å². The third-order valence-corrected chi connectivity index (χ3v) is 4.57. The number of benzene rings is 1. The number of aromatic nitrogens is 5. The van der Waals surface area contributed by atoms with E-state index in [1.165, 1.54) is 11.1 Å². The summed E-state index contributed by atoms with van der Waals surface area (Å²) in [7, 11) is 0. The first-order valence-corrected chi connectivity index (χ1v) is 8.12. The summed E-state index contributed by atoms with van der Waals surface area (Å²) in [6.07, 6.45) is 7.47. The number of aromatic amines is 1. The van der Waals surface area contributed by atoms with Crippen molar-refractivity contribution in [3.63, 3.8) is 0 Å². The van der Waals surface area contributed by atoms with Gasteiger partial charge in [-0.2, -0.15) is 5.10 Å². The van der Waals surface area contributed by atoms with Crippen LogP contribution in [0.25, 0.3) is 38.9 Å². The van der Waals surface area contributed by atoms with Crippen LogP contribution in [-0.4, -0.2) is 24.6 Å². The maximum Gasteiger partial charge on any atom is 0.155 e. The first-order chi connectivity index (χ1) is 12.3. The summed E-state index contributed by atoms with van der Waals surface area (Å²) in [6.45, 7) is 2.12. The second-order valence-electron chi connectivity index (χ2n) is 6.12. The second-order valence-corrected chi connectivity index (χ2v) is 6.12. The van der Waals surface area contributed by atoms with Gasteiger partial charge < -0.3 is 4.98 Å². The molecule has 0 aliphatic heterocycles. The Morgan fingerprint density at radius 1 is 0.960 bits per heavy atom. The molecule has 0 radical (unpaired) electrons. The summed E-state index contributed by atoms with van der Waals surface area (Å²) in [5.74, 6) is 0. The molecule has 0 saturated heterocycles. The minimum atomic E-state index is 0.835. The minimum absolute atomic E-state index is 0.835. The van der Waals surface area contributed by atoms with Crippen LogP contribution >= 0.6 is 0 Å². The molecule has 0 aliphatic carbocycles. The van der Waals surface area contributed by atoms with Gasteiger partial charge in [0.15, 0.2) is 5.65 Å². The quantitative estimate of drug-likeness (QED) is 0.528. The number of aryl methyl sites for hydroxylation is 1. The van der Waals surface area contributed by atoms with Gasteiger partial charge in [0, 0.05) is 40.7 Å². The summed E-state index contributed by atoms with van der Waals surface area (Å²) in [4.78, 5) is 12.1. The SMILES string of the molecule is Cc1ccccc1-c1cnc2[nH]cc(-c3ccc4ncnn4c3)c2c1. The molecule has 5 rings (SSSR count). The Morgan fingerprint density at radius 3 is 2.80 bits per heavy atom. The maximum atomic E-state index is 4.61. The Morgan fingerprint density at radius 2 is 1.88 bits per heavy atom. The van der Waals surface area contributed by atoms with Gasteiger partial charge in [0.2, 0.25) is 0 Å². The van der Waals surface area contributed by atoms with E-state index in [0.29, 0.717) is 0 Å². The van der Waals surface area contributed by atoms with Gasteiger partial charge >= 0.3 is 0 Å². The molecule has 0 unspecified atom stereocenters. The average molecular weight is 325 g/mol. The van der Waals surface area contributed by atoms with E-state index in [1.807, 2.05) is 24.7 Å². The number of nitrogens with one attached hydrogen (secondary N) is 1. The van der Waals surface area contributed by atoms with Gasteiger partial charge in [-0.25, -0.2) is 14.5 Å². The fourth-order valence-electron chi connectivity index (χ4n) is 3.26. The van der Waals surface area contributed by atoms with Crippen molar-refractivity contribution in [1.82, 2.24) is 24.6 Å². The Balaban J connectivity index is 1.71. The van der Waals surface area contributed by atoms with Gasteiger partial charge in [0.1, 0.15) is 12.0 Å². The molecule has 0 amide bonds. The molecule has 5 nitrogen and oxygen atoms in total. The molecule has 0 saturated carbocycles. The largest absolute Gasteiger partial charge is 0.346 e. The number of hydrogen-bond acceptors (Lipinski definition) is 3. The summed E-state index contributed by atoms with van der Waals surface area (Å²) in [6, 6.07) is 14.6. The molecule has 25 heavy (non-hydrogen) atoms. The average Bonchev–Trinajstić information content (AvgIpc) is 3.27. The van der Waals surface area contributed by atoms with Gasteiger partial charge in [-0.15, -0.1) is 0 Å². The van der Waals surface area contributed by atoms with Crippen LogP contribution in [0.1, 0.15) is 5.56 Å². The third kappa shape index (κ3) is 2.21. The molecular formula is C20H15N5. The van der Waals surface area contributed by atoms with Crippen molar-refractivity contribution in [2.75, 3.05) is 0 Å². The second kappa shape index (κ2) is 5.27. The third-order valence-electron chi connectivity index (χ3n) is 4.57. The molecule has 1 N–H and O–H groups in total. The maximum absolute atomic E-state index is 4.61. The Bertz CT molecular complexity index is 1220. The Kier molecular flexibility index (Phi) is 2.94. The molecule has 5 aromatic rings. The molecule has 0 spiro atoms. The van der Waals surface area contributed by atoms with E-state index in [-0.39, 0.29) is 0 Å². The number of fused-ring (bicyclic) bond motifs is 2. The smallest absolute Gasteiger partial charge is 0.155 e. The lowest BCUT2D eigenvalue weighted by Gasteiger charge is -2.06. The van der Waals surface area contributed by atoms with Gasteiger partial charge in [-0.3, -0.25) is 0 Å². The van der Waals surface area contributed by atoms with Crippen molar-refractivity contribution >= 4 is 16.7 Å². The van der Waals surface area contributed by atoms with Crippen molar-refractivity contribution in [2.45, 2.75) is 6.92 Å². The van der Waals surface area contributed by atoms with Crippen LogP contribution in [0.5, 0.6) is 0 Å². The van der Waals surface area contributed by atoms with Crippen molar-refractivity contribution in [2.24, 2.45) is 0 Å². The van der Waals surface area contributed by atoms with Crippen molar-refractivity contribution in [3.8, 4) is 22.3 Å². The van der Waals surface area contributed by atoms with Crippen molar-refractivity contribution in [3.05, 3.63) is 72.9 Å². The zero-order chi connectivity index (χ0) is 16.8. The molecule has 120 valence electrons. The van der Waals surface area contributed by atoms with Gasteiger partial charge in [-0.1, -0.05) is 24.3 Å². The van der Waals surface area contributed by atoms with Gasteiger partial charge in [-0.05, 0) is 36.2 Å². The van der Waals surface area contributed by atoms with Crippen LogP contribution in [-0.2, 0) is 0 Å². The first-order valence-electron chi connectivity index (χ1n) is 8.12. The zero-order valence-corrected chi connectivity index (χ0v) is 13.6. The molecular weight excluding hydrogens is 310 g/mol. The number of H-pyrrole nitrogens is 1. The monoisotopic (exact) mass is 325 g/mol. The molecule has 0 fully saturated rings. The predicted octanol–water partition coefficient (Wildman–Crippen LogP) is 4.25. The lowest BCUT2D eigenvalue weighted by Crippen LogP contribution is -1.88. The van der Waals surface area contributed by atoms with Crippen LogP contribution in [0.15, 0.2) is 67.4 Å². The highest BCUT2D eigenvalue weighted by Crippen LogP contribution is 2.31. The van der Waals surface area contributed by atoms with E-state index >= 15 is 0 Å². The normalized spacial score (nSPS) is 11.4. The van der Waals surface area contributed by atoms with Crippen molar-refractivity contribution in [1.29, 1.82) is 0 Å². The topological polar surface area (TPSA) is 58.9 Å². The molecule has 5 heteroatoms. The Hall–Kier alpha value is -3.47. The fraction of sp³-hybridized carbons (Fsp3) is 0.0500. The van der Waals surface area contributed by atoms with Crippen LogP contribution in [0.2, 0.25) is 0 Å². The lowest BCUT2D eigenvalue weighted by molar-refractivity contribution is 0.963. The number of nitrogens with zero attached hydrogens (tertiary/aromatic N) is 4. The molecule has 0 aliphatic rings. The molecule has 0 bridgehead atoms. The summed E-state index contributed by atoms with van der Waals surface area (Å²) >= 11 is 0. The fourth-order valence-corrected chi connectivity index (χ4v) is 3.26. The van der Waals surface area contributed by atoms with Gasteiger partial charge in [0.05, 0.1) is 0 Å². The molecule has 4 heterocycles. The van der Waals surface area contributed by atoms with E-state index in [4.69, 9.17) is 0 Å². The highest BCUT2D eigenvalue weighted by molar-refractivity contribution is 5.95. The van der Waals surface area contributed by atoms with E-state index in [2.05, 4.69) is 63.4 Å². The van der Waals surface area contributed by atoms with E-state index < -0.39 is 0 Å². The minimum Gasteiger partial charge on any atom is -0.346 e. The number of pyridine rings is 2. The highest BCUT2D eigenvalue weighted by atomic mass is 15.3. The molecule has 1 aromatic carbocycles. The van der Waals surface area contributed by atoms with Crippen LogP contribution in [0.4, 0.5) is 0 Å². The first kappa shape index (κ1) is 13.9. The standard InChI is InChI=1S/C20H15N5/c1-13-4-2-3-5-16(13)15-8-17-18(10-22-20(17)21-9-15)14-6-7-19-23-12-24-25(19)11-14/h2-12H,1H3,(H,21,22). The van der Waals surface area contributed by atoms with E-state index in [1.54, 1.807) is 10.8 Å². The molecule has 4 aromatic heterocycles. The van der Waals surface area contributed by atoms with Gasteiger partial charge in [0.25, 0.3) is 0 Å². The summed E-state index contributed by atoms with van der Waals surface area (Å²) in [5, 5.41) is 5.32. The zero-order valence-electron chi connectivity index (χ0n) is 13.6. The summed E-state index contributed by atoms with van der Waals surface area (Å²) in [5.41, 5.74) is 7.46. The van der Waals surface area contributed by atoms with E-state index in [0.717, 1.165) is 33.4 Å². The summed E-state index contributed by atoms with van der Waals surface area (Å²) < 4.78 is 1.78. The molecule has 0 atom stereocenters. The predicted molar refractivity (Wildman–Crippen MR) is 98.2 cm³/mol. The number of rotatable bonds is 2.